The van der Waals surface area contributed by atoms with Gasteiger partial charge < -0.3 is 10.6 Å². The number of halogens is 1. The number of nitrogens with one attached hydrogen (secondary N) is 2. The molecule has 7 nitrogen and oxygen atoms in total. The van der Waals surface area contributed by atoms with E-state index in [4.69, 9.17) is 11.6 Å². The van der Waals surface area contributed by atoms with Crippen LogP contribution < -0.4 is 10.6 Å². The maximum atomic E-state index is 12.3. The van der Waals surface area contributed by atoms with Gasteiger partial charge in [-0.25, -0.2) is 0 Å². The van der Waals surface area contributed by atoms with Crippen molar-refractivity contribution in [3.63, 3.8) is 0 Å². The molecular weight excluding hydrogens is 356 g/mol. The number of hydrogen-bond acceptors (Lipinski definition) is 5. The minimum atomic E-state index is -0.726. The van der Waals surface area contributed by atoms with Gasteiger partial charge in [0.2, 0.25) is 0 Å². The lowest BCUT2D eigenvalue weighted by molar-refractivity contribution is -0.384. The molecule has 0 atom stereocenters. The molecule has 26 heavy (non-hydrogen) atoms. The van der Waals surface area contributed by atoms with Crippen LogP contribution in [0.2, 0.25) is 5.02 Å². The topological polar surface area (TPSA) is 108 Å². The van der Waals surface area contributed by atoms with Crippen LogP contribution in [0.25, 0.3) is 0 Å². The summed E-state index contributed by atoms with van der Waals surface area (Å²) in [5, 5.41) is 25.6. The number of para-hydroxylation sites is 1. The van der Waals surface area contributed by atoms with Gasteiger partial charge in [0.25, 0.3) is 11.6 Å². The fourth-order valence-electron chi connectivity index (χ4n) is 2.18. The number of nitriles is 1. The van der Waals surface area contributed by atoms with E-state index in [0.29, 0.717) is 0 Å². The number of hydrogen-bond donors (Lipinski definition) is 2. The maximum Gasteiger partial charge on any atom is 0.271 e. The second-order valence-electron chi connectivity index (χ2n) is 5.20. The predicted octanol–water partition coefficient (Wildman–Crippen LogP) is 4.27. The van der Waals surface area contributed by atoms with Crippen molar-refractivity contribution in [3.8, 4) is 6.07 Å². The number of aryl methyl sites for hydroxylation is 1. The molecule has 0 heterocycles. The Bertz CT molecular complexity index is 919. The quantitative estimate of drug-likeness (QED) is 0.341. The lowest BCUT2D eigenvalue weighted by Crippen LogP contribution is -2.15. The number of nitrogens with zero attached hydrogens (tertiary/aromatic N) is 2. The largest absolute Gasteiger partial charge is 0.360 e. The number of nitro benzene ring substituents is 1. The van der Waals surface area contributed by atoms with Gasteiger partial charge in [-0.05, 0) is 24.1 Å². The van der Waals surface area contributed by atoms with Gasteiger partial charge in [0, 0.05) is 24.0 Å². The highest BCUT2D eigenvalue weighted by Gasteiger charge is 2.15. The van der Waals surface area contributed by atoms with Gasteiger partial charge >= 0.3 is 0 Å². The van der Waals surface area contributed by atoms with Gasteiger partial charge in [-0.1, -0.05) is 36.7 Å². The number of nitro groups is 1. The van der Waals surface area contributed by atoms with Crippen molar-refractivity contribution in [2.45, 2.75) is 13.3 Å². The van der Waals surface area contributed by atoms with E-state index in [0.717, 1.165) is 23.7 Å². The van der Waals surface area contributed by atoms with Crippen LogP contribution in [0, 0.1) is 21.4 Å². The third-order valence-corrected chi connectivity index (χ3v) is 3.87. The Morgan fingerprint density at radius 3 is 2.69 bits per heavy atom. The molecule has 0 unspecified atom stereocenters. The first-order valence-corrected chi connectivity index (χ1v) is 8.04. The van der Waals surface area contributed by atoms with E-state index in [2.05, 4.69) is 10.6 Å². The van der Waals surface area contributed by atoms with Gasteiger partial charge in [-0.3, -0.25) is 14.9 Å². The van der Waals surface area contributed by atoms with Crippen LogP contribution in [0.1, 0.15) is 12.5 Å². The Labute approximate surface area is 155 Å². The fourth-order valence-corrected chi connectivity index (χ4v) is 2.34. The fraction of sp³-hybridized carbons (Fsp3) is 0.111. The second kappa shape index (κ2) is 8.65. The number of anilines is 2. The summed E-state index contributed by atoms with van der Waals surface area (Å²) in [5.41, 5.74) is 1.45. The van der Waals surface area contributed by atoms with Crippen molar-refractivity contribution in [1.82, 2.24) is 0 Å². The molecule has 0 saturated carbocycles. The Kier molecular flexibility index (Phi) is 6.31. The third-order valence-electron chi connectivity index (χ3n) is 3.54. The monoisotopic (exact) mass is 370 g/mol. The van der Waals surface area contributed by atoms with Gasteiger partial charge in [0.05, 0.1) is 15.6 Å². The first-order valence-electron chi connectivity index (χ1n) is 7.66. The molecule has 8 heteroatoms. The van der Waals surface area contributed by atoms with Gasteiger partial charge in [-0.15, -0.1) is 0 Å². The summed E-state index contributed by atoms with van der Waals surface area (Å²) in [5.74, 6) is -0.726. The lowest BCUT2D eigenvalue weighted by Gasteiger charge is -2.09. The minimum absolute atomic E-state index is 0.0565. The van der Waals surface area contributed by atoms with Gasteiger partial charge in [0.1, 0.15) is 11.6 Å². The average Bonchev–Trinajstić information content (AvgIpc) is 2.64. The summed E-state index contributed by atoms with van der Waals surface area (Å²) >= 11 is 5.95. The highest BCUT2D eigenvalue weighted by Crippen LogP contribution is 2.27. The molecule has 0 bridgehead atoms. The summed E-state index contributed by atoms with van der Waals surface area (Å²) in [6.07, 6.45) is 2.07. The summed E-state index contributed by atoms with van der Waals surface area (Å²) in [4.78, 5) is 22.5. The zero-order valence-electron chi connectivity index (χ0n) is 13.8. The zero-order chi connectivity index (χ0) is 19.1. The third kappa shape index (κ3) is 4.59. The number of rotatable bonds is 6. The first-order chi connectivity index (χ1) is 12.5. The van der Waals surface area contributed by atoms with Crippen LogP contribution in [0.5, 0.6) is 0 Å². The molecule has 132 valence electrons. The molecule has 1 amide bonds. The molecule has 2 aromatic rings. The number of carbonyl (C=O) groups is 1. The van der Waals surface area contributed by atoms with Gasteiger partial charge in [0.15, 0.2) is 0 Å². The van der Waals surface area contributed by atoms with Crippen LogP contribution in [-0.2, 0) is 11.2 Å². The van der Waals surface area contributed by atoms with E-state index in [-0.39, 0.29) is 22.0 Å². The van der Waals surface area contributed by atoms with Crippen LogP contribution in [0.3, 0.4) is 0 Å². The zero-order valence-corrected chi connectivity index (χ0v) is 14.6. The Morgan fingerprint density at radius 2 is 2.04 bits per heavy atom. The highest BCUT2D eigenvalue weighted by atomic mass is 35.5. The normalized spacial score (nSPS) is 10.7. The van der Waals surface area contributed by atoms with Crippen LogP contribution in [0.4, 0.5) is 17.1 Å². The van der Waals surface area contributed by atoms with E-state index in [1.54, 1.807) is 6.07 Å². The SMILES string of the molecule is CCc1ccccc1N/C=C(/C#N)C(=O)Nc1cc([N+](=O)[O-])ccc1Cl. The molecule has 0 aliphatic carbocycles. The summed E-state index contributed by atoms with van der Waals surface area (Å²) < 4.78 is 0. The van der Waals surface area contributed by atoms with Crippen molar-refractivity contribution < 1.29 is 9.72 Å². The lowest BCUT2D eigenvalue weighted by atomic mass is 10.1. The van der Waals surface area contributed by atoms with Gasteiger partial charge in [-0.2, -0.15) is 5.26 Å². The Hall–Kier alpha value is -3.37. The number of benzene rings is 2. The number of amides is 1. The van der Waals surface area contributed by atoms with E-state index in [1.807, 2.05) is 31.2 Å². The molecule has 0 aromatic heterocycles. The number of non-ortho nitro benzene ring substituents is 1. The predicted molar refractivity (Wildman–Crippen MR) is 99.9 cm³/mol. The summed E-state index contributed by atoms with van der Waals surface area (Å²) in [6.45, 7) is 1.99. The highest BCUT2D eigenvalue weighted by molar-refractivity contribution is 6.34. The van der Waals surface area contributed by atoms with Crippen molar-refractivity contribution in [2.75, 3.05) is 10.6 Å². The molecule has 2 aromatic carbocycles. The van der Waals surface area contributed by atoms with E-state index in [1.165, 1.54) is 18.3 Å². The van der Waals surface area contributed by atoms with Crippen LogP contribution in [0.15, 0.2) is 54.2 Å². The van der Waals surface area contributed by atoms with E-state index >= 15 is 0 Å². The molecule has 2 rings (SSSR count). The Morgan fingerprint density at radius 1 is 1.31 bits per heavy atom. The molecule has 0 aliphatic heterocycles. The van der Waals surface area contributed by atoms with Crippen LogP contribution >= 0.6 is 11.6 Å². The molecule has 0 saturated heterocycles. The molecule has 2 N–H and O–H groups in total. The van der Waals surface area contributed by atoms with Crippen molar-refractivity contribution >= 4 is 34.6 Å². The average molecular weight is 371 g/mol. The molecule has 0 spiro atoms. The Balaban J connectivity index is 2.20. The first kappa shape index (κ1) is 19.0. The standard InChI is InChI=1S/C18H15ClN4O3/c1-2-12-5-3-4-6-16(12)21-11-13(10-20)18(24)22-17-9-14(23(25)26)7-8-15(17)19/h3-9,11,21H,2H2,1H3,(H,22,24)/b13-11-. The van der Waals surface area contributed by atoms with Crippen LogP contribution in [-0.4, -0.2) is 10.8 Å². The summed E-state index contributed by atoms with van der Waals surface area (Å²) in [7, 11) is 0. The molecular formula is C18H15ClN4O3. The minimum Gasteiger partial charge on any atom is -0.360 e. The molecule has 0 aliphatic rings. The molecule has 0 radical (unpaired) electrons. The molecule has 0 fully saturated rings. The van der Waals surface area contributed by atoms with E-state index < -0.39 is 10.8 Å². The smallest absolute Gasteiger partial charge is 0.271 e. The van der Waals surface area contributed by atoms with Crippen molar-refractivity contribution in [2.24, 2.45) is 0 Å². The second-order valence-corrected chi connectivity index (χ2v) is 5.61. The van der Waals surface area contributed by atoms with E-state index in [9.17, 15) is 20.2 Å². The van der Waals surface area contributed by atoms with Crippen molar-refractivity contribution in [3.05, 3.63) is 74.9 Å². The summed E-state index contributed by atoms with van der Waals surface area (Å²) in [6, 6.07) is 13.0. The number of carbonyl (C=O) groups excluding carboxylic acids is 1. The maximum absolute atomic E-state index is 12.3. The van der Waals surface area contributed by atoms with Crippen molar-refractivity contribution in [1.29, 1.82) is 5.26 Å².